The van der Waals surface area contributed by atoms with Crippen LogP contribution in [-0.4, -0.2) is 17.4 Å². The molecular formula is C12H9ClO3. The number of carbonyl (C=O) groups excluding carboxylic acids is 1. The summed E-state index contributed by atoms with van der Waals surface area (Å²) in [5, 5.41) is 9.94. The van der Waals surface area contributed by atoms with E-state index in [1.54, 1.807) is 24.3 Å². The molecule has 2 rings (SSSR count). The highest BCUT2D eigenvalue weighted by Crippen LogP contribution is 2.17. The lowest BCUT2D eigenvalue weighted by Gasteiger charge is -2.02. The fourth-order valence-electron chi connectivity index (χ4n) is 1.35. The average molecular weight is 237 g/mol. The molecule has 82 valence electrons. The van der Waals surface area contributed by atoms with Crippen molar-refractivity contribution in [2.75, 3.05) is 0 Å². The van der Waals surface area contributed by atoms with E-state index < -0.39 is 12.3 Å². The number of esters is 1. The van der Waals surface area contributed by atoms with Gasteiger partial charge in [-0.25, -0.2) is 4.79 Å². The Morgan fingerprint density at radius 2 is 2.19 bits per heavy atom. The maximum atomic E-state index is 10.8. The number of cyclic esters (lactones) is 1. The van der Waals surface area contributed by atoms with Crippen molar-refractivity contribution in [1.82, 2.24) is 0 Å². The molecule has 3 nitrogen and oxygen atoms in total. The number of benzene rings is 1. The van der Waals surface area contributed by atoms with Gasteiger partial charge in [0.1, 0.15) is 0 Å². The zero-order valence-electron chi connectivity index (χ0n) is 8.26. The Morgan fingerprint density at radius 3 is 2.81 bits per heavy atom. The molecule has 0 bridgehead atoms. The molecule has 0 saturated carbocycles. The lowest BCUT2D eigenvalue weighted by molar-refractivity contribution is -0.150. The summed E-state index contributed by atoms with van der Waals surface area (Å²) in [6, 6.07) is 7.24. The lowest BCUT2D eigenvalue weighted by Crippen LogP contribution is -2.08. The Labute approximate surface area is 97.6 Å². The van der Waals surface area contributed by atoms with Gasteiger partial charge in [-0.15, -0.1) is 0 Å². The standard InChI is InChI=1S/C12H9ClO3/c13-10-3-1-2-8(6-10)4-5-9-7-11(14)16-12(9)15/h1-7,12,15H/b5-4+. The fraction of sp³-hybridized carbons (Fsp3) is 0.0833. The van der Waals surface area contributed by atoms with E-state index in [0.29, 0.717) is 10.6 Å². The predicted octanol–water partition coefficient (Wildman–Crippen LogP) is 2.15. The molecule has 1 unspecified atom stereocenters. The van der Waals surface area contributed by atoms with Crippen molar-refractivity contribution in [2.45, 2.75) is 6.29 Å². The number of hydrogen-bond acceptors (Lipinski definition) is 3. The number of aliphatic hydroxyl groups is 1. The molecule has 0 saturated heterocycles. The molecule has 0 aromatic heterocycles. The van der Waals surface area contributed by atoms with Crippen LogP contribution in [-0.2, 0) is 9.53 Å². The number of ether oxygens (including phenoxy) is 1. The Kier molecular flexibility index (Phi) is 3.08. The van der Waals surface area contributed by atoms with Crippen molar-refractivity contribution in [1.29, 1.82) is 0 Å². The summed E-state index contributed by atoms with van der Waals surface area (Å²) in [5.74, 6) is -0.529. The van der Waals surface area contributed by atoms with Crippen LogP contribution in [0.15, 0.2) is 42.0 Å². The van der Waals surface area contributed by atoms with Crippen LogP contribution < -0.4 is 0 Å². The fourth-order valence-corrected chi connectivity index (χ4v) is 1.55. The first-order valence-corrected chi connectivity index (χ1v) is 5.07. The molecule has 0 radical (unpaired) electrons. The summed E-state index contributed by atoms with van der Waals surface area (Å²) in [7, 11) is 0. The molecule has 1 aliphatic heterocycles. The molecule has 16 heavy (non-hydrogen) atoms. The quantitative estimate of drug-likeness (QED) is 0.801. The van der Waals surface area contributed by atoms with Crippen molar-refractivity contribution >= 4 is 23.6 Å². The minimum absolute atomic E-state index is 0.435. The maximum Gasteiger partial charge on any atom is 0.333 e. The number of aliphatic hydroxyl groups excluding tert-OH is 1. The van der Waals surface area contributed by atoms with Gasteiger partial charge in [-0.2, -0.15) is 0 Å². The second kappa shape index (κ2) is 4.51. The first kappa shape index (κ1) is 10.9. The van der Waals surface area contributed by atoms with Crippen LogP contribution in [0.1, 0.15) is 5.56 Å². The summed E-state index contributed by atoms with van der Waals surface area (Å²) in [4.78, 5) is 10.8. The van der Waals surface area contributed by atoms with Crippen molar-refractivity contribution in [3.05, 3.63) is 52.6 Å². The van der Waals surface area contributed by atoms with Crippen LogP contribution in [0, 0.1) is 0 Å². The maximum absolute atomic E-state index is 10.8. The number of hydrogen-bond donors (Lipinski definition) is 1. The molecular weight excluding hydrogens is 228 g/mol. The highest BCUT2D eigenvalue weighted by Gasteiger charge is 2.21. The van der Waals surface area contributed by atoms with E-state index in [1.807, 2.05) is 12.1 Å². The van der Waals surface area contributed by atoms with E-state index >= 15 is 0 Å². The topological polar surface area (TPSA) is 46.5 Å². The summed E-state index contributed by atoms with van der Waals surface area (Å²) in [5.41, 5.74) is 1.32. The van der Waals surface area contributed by atoms with Gasteiger partial charge in [-0.3, -0.25) is 0 Å². The van der Waals surface area contributed by atoms with Crippen LogP contribution in [0.3, 0.4) is 0 Å². The van der Waals surface area contributed by atoms with Crippen LogP contribution >= 0.6 is 11.6 Å². The molecule has 1 aromatic rings. The molecule has 1 atom stereocenters. The van der Waals surface area contributed by atoms with Gasteiger partial charge in [0.2, 0.25) is 6.29 Å². The predicted molar refractivity (Wildman–Crippen MR) is 60.7 cm³/mol. The van der Waals surface area contributed by atoms with E-state index in [9.17, 15) is 9.90 Å². The van der Waals surface area contributed by atoms with Crippen molar-refractivity contribution in [3.8, 4) is 0 Å². The Morgan fingerprint density at radius 1 is 1.38 bits per heavy atom. The van der Waals surface area contributed by atoms with Crippen molar-refractivity contribution in [3.63, 3.8) is 0 Å². The zero-order chi connectivity index (χ0) is 11.5. The second-order valence-electron chi connectivity index (χ2n) is 3.32. The van der Waals surface area contributed by atoms with Gasteiger partial charge in [0.05, 0.1) is 0 Å². The van der Waals surface area contributed by atoms with E-state index in [0.717, 1.165) is 5.56 Å². The highest BCUT2D eigenvalue weighted by atomic mass is 35.5. The Hall–Kier alpha value is -1.58. The number of halogens is 1. The molecule has 4 heteroatoms. The minimum Gasteiger partial charge on any atom is -0.428 e. The molecule has 1 aliphatic rings. The average Bonchev–Trinajstić information content (AvgIpc) is 2.54. The van der Waals surface area contributed by atoms with Crippen molar-refractivity contribution < 1.29 is 14.6 Å². The van der Waals surface area contributed by atoms with Crippen LogP contribution in [0.25, 0.3) is 6.08 Å². The van der Waals surface area contributed by atoms with Gasteiger partial charge >= 0.3 is 5.97 Å². The SMILES string of the molecule is O=C1C=C(/C=C/c2cccc(Cl)c2)C(O)O1. The molecule has 0 spiro atoms. The largest absolute Gasteiger partial charge is 0.428 e. The summed E-state index contributed by atoms with van der Waals surface area (Å²) in [6.07, 6.45) is 3.47. The van der Waals surface area contributed by atoms with Crippen LogP contribution in [0.2, 0.25) is 5.02 Å². The molecule has 0 fully saturated rings. The monoisotopic (exact) mass is 236 g/mol. The Bertz CT molecular complexity index is 477. The first-order chi connectivity index (χ1) is 7.65. The summed E-state index contributed by atoms with van der Waals surface area (Å²) >= 11 is 5.82. The molecule has 1 aromatic carbocycles. The van der Waals surface area contributed by atoms with Crippen molar-refractivity contribution in [2.24, 2.45) is 0 Å². The second-order valence-corrected chi connectivity index (χ2v) is 3.76. The number of carbonyl (C=O) groups is 1. The summed E-state index contributed by atoms with van der Waals surface area (Å²) in [6.45, 7) is 0. The normalized spacial score (nSPS) is 20.0. The summed E-state index contributed by atoms with van der Waals surface area (Å²) < 4.78 is 4.53. The van der Waals surface area contributed by atoms with Gasteiger partial charge in [-0.1, -0.05) is 35.9 Å². The van der Waals surface area contributed by atoms with E-state index in [2.05, 4.69) is 4.74 Å². The van der Waals surface area contributed by atoms with Gasteiger partial charge in [0.15, 0.2) is 0 Å². The lowest BCUT2D eigenvalue weighted by atomic mass is 10.1. The van der Waals surface area contributed by atoms with Gasteiger partial charge < -0.3 is 9.84 Å². The minimum atomic E-state index is -1.16. The van der Waals surface area contributed by atoms with E-state index in [-0.39, 0.29) is 0 Å². The smallest absolute Gasteiger partial charge is 0.333 e. The highest BCUT2D eigenvalue weighted by molar-refractivity contribution is 6.30. The molecule has 1 heterocycles. The van der Waals surface area contributed by atoms with Gasteiger partial charge in [-0.05, 0) is 17.7 Å². The van der Waals surface area contributed by atoms with E-state index in [1.165, 1.54) is 6.08 Å². The Balaban J connectivity index is 2.16. The third-order valence-corrected chi connectivity index (χ3v) is 2.35. The zero-order valence-corrected chi connectivity index (χ0v) is 9.02. The third kappa shape index (κ3) is 2.51. The molecule has 0 amide bonds. The molecule has 0 aliphatic carbocycles. The third-order valence-electron chi connectivity index (χ3n) is 2.11. The van der Waals surface area contributed by atoms with E-state index in [4.69, 9.17) is 11.6 Å². The number of rotatable bonds is 2. The van der Waals surface area contributed by atoms with Gasteiger partial charge in [0.25, 0.3) is 0 Å². The van der Waals surface area contributed by atoms with Crippen LogP contribution in [0.5, 0.6) is 0 Å². The van der Waals surface area contributed by atoms with Gasteiger partial charge in [0, 0.05) is 16.7 Å². The van der Waals surface area contributed by atoms with Crippen LogP contribution in [0.4, 0.5) is 0 Å². The molecule has 1 N–H and O–H groups in total. The first-order valence-electron chi connectivity index (χ1n) is 4.69.